The third-order valence-corrected chi connectivity index (χ3v) is 3.25. The molecule has 106 valence electrons. The molecule has 0 bridgehead atoms. The highest BCUT2D eigenvalue weighted by molar-refractivity contribution is 5.82. The summed E-state index contributed by atoms with van der Waals surface area (Å²) in [6.07, 6.45) is 3.36. The summed E-state index contributed by atoms with van der Waals surface area (Å²) >= 11 is 0. The molecular weight excluding hydrogens is 267 g/mol. The molecule has 0 atom stereocenters. The number of aromatic nitrogens is 3. The van der Waals surface area contributed by atoms with Gasteiger partial charge in [0.05, 0.1) is 17.4 Å². The molecule has 21 heavy (non-hydrogen) atoms. The molecule has 3 aromatic rings. The molecule has 0 radical (unpaired) electrons. The van der Waals surface area contributed by atoms with Gasteiger partial charge < -0.3 is 5.32 Å². The smallest absolute Gasteiger partial charge is 0.223 e. The minimum absolute atomic E-state index is 0.386. The second kappa shape index (κ2) is 5.83. The fraction of sp³-hybridized carbons (Fsp3) is 0.188. The lowest BCUT2D eigenvalue weighted by Crippen LogP contribution is -2.06. The van der Waals surface area contributed by atoms with Crippen LogP contribution < -0.4 is 5.32 Å². The topological polar surface area (TPSA) is 50.7 Å². The van der Waals surface area contributed by atoms with Gasteiger partial charge in [0.25, 0.3) is 0 Å². The Bertz CT molecular complexity index is 768. The van der Waals surface area contributed by atoms with Crippen LogP contribution in [0.15, 0.2) is 42.7 Å². The SMILES string of the molecule is CCNc1ncc(F)c(Cc2ccnc3ccccc23)n1. The number of nitrogens with one attached hydrogen (secondary N) is 1. The average Bonchev–Trinajstić information content (AvgIpc) is 2.51. The number of halogens is 1. The summed E-state index contributed by atoms with van der Waals surface area (Å²) in [7, 11) is 0. The first kappa shape index (κ1) is 13.4. The zero-order chi connectivity index (χ0) is 14.7. The van der Waals surface area contributed by atoms with Crippen LogP contribution in [0.4, 0.5) is 10.3 Å². The minimum Gasteiger partial charge on any atom is -0.354 e. The summed E-state index contributed by atoms with van der Waals surface area (Å²) < 4.78 is 13.9. The van der Waals surface area contributed by atoms with Crippen molar-refractivity contribution < 1.29 is 4.39 Å². The first-order valence-corrected chi connectivity index (χ1v) is 6.86. The van der Waals surface area contributed by atoms with Crippen LogP contribution >= 0.6 is 0 Å². The number of rotatable bonds is 4. The van der Waals surface area contributed by atoms with E-state index in [1.807, 2.05) is 37.3 Å². The number of hydrogen-bond donors (Lipinski definition) is 1. The maximum absolute atomic E-state index is 13.9. The van der Waals surface area contributed by atoms with Gasteiger partial charge in [-0.2, -0.15) is 0 Å². The van der Waals surface area contributed by atoms with Crippen LogP contribution in [0.2, 0.25) is 0 Å². The fourth-order valence-electron chi connectivity index (χ4n) is 2.26. The van der Waals surface area contributed by atoms with E-state index in [4.69, 9.17) is 0 Å². The first-order valence-electron chi connectivity index (χ1n) is 6.86. The molecule has 4 nitrogen and oxygen atoms in total. The quantitative estimate of drug-likeness (QED) is 0.798. The lowest BCUT2D eigenvalue weighted by Gasteiger charge is -2.08. The van der Waals surface area contributed by atoms with Crippen molar-refractivity contribution in [2.24, 2.45) is 0 Å². The number of fused-ring (bicyclic) bond motifs is 1. The average molecular weight is 282 g/mol. The van der Waals surface area contributed by atoms with Crippen LogP contribution in [0.25, 0.3) is 10.9 Å². The van der Waals surface area contributed by atoms with E-state index < -0.39 is 5.82 Å². The van der Waals surface area contributed by atoms with E-state index in [1.54, 1.807) is 6.20 Å². The van der Waals surface area contributed by atoms with Crippen molar-refractivity contribution >= 4 is 16.9 Å². The third kappa shape index (κ3) is 2.81. The van der Waals surface area contributed by atoms with Crippen LogP contribution in [0.5, 0.6) is 0 Å². The Hall–Kier alpha value is -2.56. The van der Waals surface area contributed by atoms with Crippen LogP contribution in [0.3, 0.4) is 0 Å². The van der Waals surface area contributed by atoms with E-state index in [-0.39, 0.29) is 0 Å². The molecule has 2 heterocycles. The van der Waals surface area contributed by atoms with Crippen molar-refractivity contribution in [3.05, 3.63) is 59.8 Å². The lowest BCUT2D eigenvalue weighted by molar-refractivity contribution is 0.596. The molecule has 0 fully saturated rings. The van der Waals surface area contributed by atoms with Gasteiger partial charge in [0.15, 0.2) is 5.82 Å². The monoisotopic (exact) mass is 282 g/mol. The molecule has 1 aromatic carbocycles. The summed E-state index contributed by atoms with van der Waals surface area (Å²) in [5.41, 5.74) is 2.29. The Morgan fingerprint density at radius 2 is 2.00 bits per heavy atom. The molecule has 0 amide bonds. The maximum Gasteiger partial charge on any atom is 0.223 e. The van der Waals surface area contributed by atoms with Gasteiger partial charge in [-0.15, -0.1) is 0 Å². The van der Waals surface area contributed by atoms with E-state index >= 15 is 0 Å². The fourth-order valence-corrected chi connectivity index (χ4v) is 2.26. The zero-order valence-electron chi connectivity index (χ0n) is 11.7. The predicted octanol–water partition coefficient (Wildman–Crippen LogP) is 3.19. The van der Waals surface area contributed by atoms with Gasteiger partial charge >= 0.3 is 0 Å². The van der Waals surface area contributed by atoms with Gasteiger partial charge in [-0.25, -0.2) is 14.4 Å². The Kier molecular flexibility index (Phi) is 3.73. The van der Waals surface area contributed by atoms with E-state index in [2.05, 4.69) is 20.3 Å². The number of anilines is 1. The summed E-state index contributed by atoms with van der Waals surface area (Å²) in [4.78, 5) is 12.5. The lowest BCUT2D eigenvalue weighted by atomic mass is 10.0. The molecule has 0 unspecified atom stereocenters. The molecule has 0 saturated carbocycles. The van der Waals surface area contributed by atoms with Crippen LogP contribution in [0.1, 0.15) is 18.2 Å². The van der Waals surface area contributed by atoms with E-state index in [0.717, 1.165) is 16.5 Å². The molecule has 0 aliphatic rings. The second-order valence-electron chi connectivity index (χ2n) is 4.68. The van der Waals surface area contributed by atoms with Crippen LogP contribution in [0, 0.1) is 5.82 Å². The molecule has 5 heteroatoms. The van der Waals surface area contributed by atoms with E-state index in [9.17, 15) is 4.39 Å². The third-order valence-electron chi connectivity index (χ3n) is 3.25. The van der Waals surface area contributed by atoms with Gasteiger partial charge in [-0.1, -0.05) is 18.2 Å². The van der Waals surface area contributed by atoms with Gasteiger partial charge in [0, 0.05) is 24.5 Å². The van der Waals surface area contributed by atoms with Crippen molar-refractivity contribution in [2.75, 3.05) is 11.9 Å². The summed E-state index contributed by atoms with van der Waals surface area (Å²) in [5, 5.41) is 4.01. The number of pyridine rings is 1. The molecular formula is C16H15FN4. The second-order valence-corrected chi connectivity index (χ2v) is 4.68. The molecule has 2 aromatic heterocycles. The zero-order valence-corrected chi connectivity index (χ0v) is 11.7. The minimum atomic E-state index is -0.391. The van der Waals surface area contributed by atoms with Gasteiger partial charge in [0.2, 0.25) is 5.95 Å². The number of hydrogen-bond acceptors (Lipinski definition) is 4. The molecule has 3 rings (SSSR count). The molecule has 0 aliphatic heterocycles. The van der Waals surface area contributed by atoms with E-state index in [0.29, 0.717) is 24.6 Å². The Balaban J connectivity index is 2.00. The normalized spacial score (nSPS) is 10.8. The summed E-state index contributed by atoms with van der Waals surface area (Å²) in [5.74, 6) is 0.0600. The number of benzene rings is 1. The highest BCUT2D eigenvalue weighted by Crippen LogP contribution is 2.20. The van der Waals surface area contributed by atoms with Crippen molar-refractivity contribution in [3.63, 3.8) is 0 Å². The largest absolute Gasteiger partial charge is 0.354 e. The van der Waals surface area contributed by atoms with Crippen molar-refractivity contribution in [2.45, 2.75) is 13.3 Å². The highest BCUT2D eigenvalue weighted by atomic mass is 19.1. The summed E-state index contributed by atoms with van der Waals surface area (Å²) in [6, 6.07) is 9.72. The van der Waals surface area contributed by atoms with Gasteiger partial charge in [0.1, 0.15) is 0 Å². The molecule has 0 aliphatic carbocycles. The maximum atomic E-state index is 13.9. The predicted molar refractivity (Wildman–Crippen MR) is 80.7 cm³/mol. The van der Waals surface area contributed by atoms with Crippen molar-refractivity contribution in [1.29, 1.82) is 0 Å². The summed E-state index contributed by atoms with van der Waals surface area (Å²) in [6.45, 7) is 2.64. The Labute approximate surface area is 122 Å². The molecule has 0 saturated heterocycles. The van der Waals surface area contributed by atoms with Crippen molar-refractivity contribution in [1.82, 2.24) is 15.0 Å². The molecule has 0 spiro atoms. The van der Waals surface area contributed by atoms with Gasteiger partial charge in [-0.3, -0.25) is 4.98 Å². The highest BCUT2D eigenvalue weighted by Gasteiger charge is 2.10. The van der Waals surface area contributed by atoms with Crippen molar-refractivity contribution in [3.8, 4) is 0 Å². The van der Waals surface area contributed by atoms with Crippen LogP contribution in [-0.2, 0) is 6.42 Å². The van der Waals surface area contributed by atoms with Gasteiger partial charge in [-0.05, 0) is 24.6 Å². The number of nitrogens with zero attached hydrogens (tertiary/aromatic N) is 3. The Morgan fingerprint density at radius 1 is 1.14 bits per heavy atom. The number of para-hydroxylation sites is 1. The molecule has 1 N–H and O–H groups in total. The van der Waals surface area contributed by atoms with E-state index in [1.165, 1.54) is 6.20 Å². The first-order chi connectivity index (χ1) is 10.3. The standard InChI is InChI=1S/C16H15FN4/c1-2-18-16-20-10-13(17)15(21-16)9-11-7-8-19-14-6-4-3-5-12(11)14/h3-8,10H,2,9H2,1H3,(H,18,20,21). The Morgan fingerprint density at radius 3 is 2.86 bits per heavy atom. The van der Waals surface area contributed by atoms with Crippen LogP contribution in [-0.4, -0.2) is 21.5 Å².